The van der Waals surface area contributed by atoms with Crippen LogP contribution >= 0.6 is 24.0 Å². The second-order valence-corrected chi connectivity index (χ2v) is 5.55. The van der Waals surface area contributed by atoms with Crippen molar-refractivity contribution in [3.63, 3.8) is 0 Å². The fourth-order valence-corrected chi connectivity index (χ4v) is 1.99. The van der Waals surface area contributed by atoms with Crippen LogP contribution in [-0.2, 0) is 6.54 Å². The van der Waals surface area contributed by atoms with E-state index >= 15 is 0 Å². The number of halogens is 1. The number of hydrogen-bond donors (Lipinski definition) is 2. The third kappa shape index (κ3) is 6.50. The van der Waals surface area contributed by atoms with Gasteiger partial charge in [0, 0.05) is 18.8 Å². The molecule has 1 saturated carbocycles. The molecule has 21 heavy (non-hydrogen) atoms. The molecule has 1 aliphatic rings. The van der Waals surface area contributed by atoms with Gasteiger partial charge in [0.2, 0.25) is 5.88 Å². The lowest BCUT2D eigenvalue weighted by atomic mass is 9.85. The van der Waals surface area contributed by atoms with Crippen LogP contribution in [0.1, 0.15) is 38.7 Å². The van der Waals surface area contributed by atoms with Crippen LogP contribution in [-0.4, -0.2) is 23.6 Å². The van der Waals surface area contributed by atoms with E-state index in [9.17, 15) is 0 Å². The first-order chi connectivity index (χ1) is 9.63. The van der Waals surface area contributed by atoms with E-state index in [2.05, 4.69) is 15.3 Å². The summed E-state index contributed by atoms with van der Waals surface area (Å²) in [7, 11) is 0. The van der Waals surface area contributed by atoms with Gasteiger partial charge in [0.25, 0.3) is 0 Å². The van der Waals surface area contributed by atoms with Crippen molar-refractivity contribution < 1.29 is 4.74 Å². The van der Waals surface area contributed by atoms with Crippen molar-refractivity contribution in [2.75, 3.05) is 6.54 Å². The summed E-state index contributed by atoms with van der Waals surface area (Å²) in [5.74, 6) is 1.93. The Morgan fingerprint density at radius 1 is 1.48 bits per heavy atom. The van der Waals surface area contributed by atoms with Crippen LogP contribution in [0.4, 0.5) is 0 Å². The van der Waals surface area contributed by atoms with Crippen molar-refractivity contribution in [3.8, 4) is 5.88 Å². The Morgan fingerprint density at radius 3 is 2.76 bits per heavy atom. The Morgan fingerprint density at radius 2 is 2.24 bits per heavy atom. The zero-order valence-electron chi connectivity index (χ0n) is 12.7. The molecule has 2 rings (SSSR count). The van der Waals surface area contributed by atoms with Gasteiger partial charge in [-0.15, -0.1) is 24.0 Å². The highest BCUT2D eigenvalue weighted by atomic mass is 127. The Hall–Kier alpha value is -1.05. The standard InChI is InChI=1S/C15H24N4O.HI/c1-11(2)20-14-7-6-13(9-17-14)10-19-15(16)18-8-12-4-3-5-12;/h6-7,9,11-12H,3-5,8,10H2,1-2H3,(H3,16,18,19);1H. The van der Waals surface area contributed by atoms with Gasteiger partial charge in [-0.25, -0.2) is 9.98 Å². The normalized spacial score (nSPS) is 15.3. The van der Waals surface area contributed by atoms with Crippen molar-refractivity contribution in [2.24, 2.45) is 16.6 Å². The Kier molecular flexibility index (Phi) is 7.77. The second-order valence-electron chi connectivity index (χ2n) is 5.55. The smallest absolute Gasteiger partial charge is 0.213 e. The van der Waals surface area contributed by atoms with Crippen molar-refractivity contribution in [1.82, 2.24) is 10.3 Å². The van der Waals surface area contributed by atoms with Crippen molar-refractivity contribution in [3.05, 3.63) is 23.9 Å². The monoisotopic (exact) mass is 404 g/mol. The molecule has 0 radical (unpaired) electrons. The molecule has 118 valence electrons. The number of pyridine rings is 1. The molecule has 0 unspecified atom stereocenters. The SMILES string of the molecule is CC(C)Oc1ccc(CN=C(N)NCC2CCC2)cn1.I. The van der Waals surface area contributed by atoms with Gasteiger partial charge in [-0.3, -0.25) is 0 Å². The molecule has 1 aliphatic carbocycles. The van der Waals surface area contributed by atoms with Gasteiger partial charge in [-0.2, -0.15) is 0 Å². The maximum atomic E-state index is 5.84. The molecule has 1 aromatic heterocycles. The molecule has 0 amide bonds. The molecule has 0 aromatic carbocycles. The van der Waals surface area contributed by atoms with Crippen LogP contribution in [0.25, 0.3) is 0 Å². The number of aromatic nitrogens is 1. The van der Waals surface area contributed by atoms with Crippen LogP contribution in [0, 0.1) is 5.92 Å². The summed E-state index contributed by atoms with van der Waals surface area (Å²) in [6.45, 7) is 5.44. The lowest BCUT2D eigenvalue weighted by Crippen LogP contribution is -2.37. The van der Waals surface area contributed by atoms with Crippen LogP contribution in [0.15, 0.2) is 23.3 Å². The van der Waals surface area contributed by atoms with E-state index in [1.54, 1.807) is 6.20 Å². The van der Waals surface area contributed by atoms with E-state index < -0.39 is 0 Å². The lowest BCUT2D eigenvalue weighted by Gasteiger charge is -2.25. The molecule has 3 N–H and O–H groups in total. The van der Waals surface area contributed by atoms with Crippen molar-refractivity contribution in [2.45, 2.75) is 45.8 Å². The fraction of sp³-hybridized carbons (Fsp3) is 0.600. The highest BCUT2D eigenvalue weighted by molar-refractivity contribution is 14.0. The number of hydrogen-bond acceptors (Lipinski definition) is 3. The molecule has 1 fully saturated rings. The van der Waals surface area contributed by atoms with Crippen LogP contribution < -0.4 is 15.8 Å². The lowest BCUT2D eigenvalue weighted by molar-refractivity contribution is 0.232. The quantitative estimate of drug-likeness (QED) is 0.435. The molecule has 1 heterocycles. The number of nitrogens with two attached hydrogens (primary N) is 1. The Balaban J connectivity index is 0.00000220. The molecular formula is C15H25IN4O. The highest BCUT2D eigenvalue weighted by Gasteiger charge is 2.16. The first-order valence-electron chi connectivity index (χ1n) is 7.29. The maximum absolute atomic E-state index is 5.84. The molecule has 0 atom stereocenters. The number of nitrogens with zero attached hydrogens (tertiary/aromatic N) is 2. The van der Waals surface area contributed by atoms with E-state index in [1.807, 2.05) is 26.0 Å². The zero-order valence-corrected chi connectivity index (χ0v) is 15.0. The molecule has 5 nitrogen and oxygen atoms in total. The molecule has 0 spiro atoms. The first-order valence-corrected chi connectivity index (χ1v) is 7.29. The summed E-state index contributed by atoms with van der Waals surface area (Å²) in [6.07, 6.45) is 5.88. The predicted molar refractivity (Wildman–Crippen MR) is 96.1 cm³/mol. The minimum atomic E-state index is 0. The molecule has 0 aliphatic heterocycles. The zero-order chi connectivity index (χ0) is 14.4. The van der Waals surface area contributed by atoms with E-state index in [-0.39, 0.29) is 30.1 Å². The summed E-state index contributed by atoms with van der Waals surface area (Å²) in [4.78, 5) is 8.56. The van der Waals surface area contributed by atoms with E-state index in [0.29, 0.717) is 18.4 Å². The largest absolute Gasteiger partial charge is 0.475 e. The number of rotatable bonds is 6. The fourth-order valence-electron chi connectivity index (χ4n) is 1.99. The minimum Gasteiger partial charge on any atom is -0.475 e. The number of aliphatic imine (C=N–C) groups is 1. The number of nitrogens with one attached hydrogen (secondary N) is 1. The Bertz CT molecular complexity index is 443. The summed E-state index contributed by atoms with van der Waals surface area (Å²) < 4.78 is 5.49. The van der Waals surface area contributed by atoms with Crippen molar-refractivity contribution in [1.29, 1.82) is 0 Å². The molecule has 1 aromatic rings. The number of guanidine groups is 1. The van der Waals surface area contributed by atoms with Crippen LogP contribution in [0.3, 0.4) is 0 Å². The predicted octanol–water partition coefficient (Wildman–Crippen LogP) is 2.69. The van der Waals surface area contributed by atoms with E-state index in [1.165, 1.54) is 19.3 Å². The summed E-state index contributed by atoms with van der Waals surface area (Å²) in [6, 6.07) is 3.83. The van der Waals surface area contributed by atoms with Gasteiger partial charge < -0.3 is 15.8 Å². The highest BCUT2D eigenvalue weighted by Crippen LogP contribution is 2.24. The maximum Gasteiger partial charge on any atom is 0.213 e. The van der Waals surface area contributed by atoms with E-state index in [4.69, 9.17) is 10.5 Å². The molecule has 6 heteroatoms. The first kappa shape index (κ1) is 18.0. The van der Waals surface area contributed by atoms with E-state index in [0.717, 1.165) is 18.0 Å². The van der Waals surface area contributed by atoms with Gasteiger partial charge in [0.1, 0.15) is 0 Å². The van der Waals surface area contributed by atoms with Crippen molar-refractivity contribution >= 4 is 29.9 Å². The average molecular weight is 404 g/mol. The number of ether oxygens (including phenoxy) is 1. The third-order valence-corrected chi connectivity index (χ3v) is 3.38. The molecule has 0 saturated heterocycles. The molecule has 0 bridgehead atoms. The van der Waals surface area contributed by atoms with Gasteiger partial charge in [-0.05, 0) is 38.2 Å². The van der Waals surface area contributed by atoms with Crippen LogP contribution in [0.2, 0.25) is 0 Å². The van der Waals surface area contributed by atoms with Gasteiger partial charge >= 0.3 is 0 Å². The summed E-state index contributed by atoms with van der Waals surface area (Å²) in [5, 5.41) is 3.17. The molecular weight excluding hydrogens is 379 g/mol. The average Bonchev–Trinajstić information content (AvgIpc) is 2.35. The second kappa shape index (κ2) is 9.07. The van der Waals surface area contributed by atoms with Crippen LogP contribution in [0.5, 0.6) is 5.88 Å². The van der Waals surface area contributed by atoms with Gasteiger partial charge in [0.15, 0.2) is 5.96 Å². The minimum absolute atomic E-state index is 0. The third-order valence-electron chi connectivity index (χ3n) is 3.38. The summed E-state index contributed by atoms with van der Waals surface area (Å²) >= 11 is 0. The summed E-state index contributed by atoms with van der Waals surface area (Å²) in [5.41, 5.74) is 6.86. The topological polar surface area (TPSA) is 72.5 Å². The van der Waals surface area contributed by atoms with Gasteiger partial charge in [0.05, 0.1) is 12.6 Å². The van der Waals surface area contributed by atoms with Gasteiger partial charge in [-0.1, -0.05) is 12.5 Å². The Labute approximate surface area is 143 Å².